The van der Waals surface area contributed by atoms with Crippen molar-refractivity contribution in [1.82, 2.24) is 14.8 Å². The molecule has 1 spiro atoms. The van der Waals surface area contributed by atoms with Crippen LogP contribution < -0.4 is 0 Å². The molecule has 136 valence electrons. The number of aromatic nitrogens is 1. The third kappa shape index (κ3) is 4.30. The fourth-order valence-electron chi connectivity index (χ4n) is 3.71. The predicted molar refractivity (Wildman–Crippen MR) is 95.6 cm³/mol. The molecular weight excluding hydrogens is 338 g/mol. The van der Waals surface area contributed by atoms with Gasteiger partial charge in [-0.25, -0.2) is 4.98 Å². The molecule has 0 saturated carbocycles. The van der Waals surface area contributed by atoms with Gasteiger partial charge in [-0.2, -0.15) is 0 Å². The Bertz CT molecular complexity index is 675. The third-order valence-electron chi connectivity index (χ3n) is 4.79. The minimum Gasteiger partial charge on any atom is -0.472 e. The van der Waals surface area contributed by atoms with Gasteiger partial charge in [-0.05, 0) is 13.0 Å². The molecule has 2 aliphatic rings. The highest BCUT2D eigenvalue weighted by Gasteiger charge is 2.40. The fraction of sp³-hybridized carbons (Fsp3) is 0.611. The molecule has 0 aromatic carbocycles. The zero-order valence-corrected chi connectivity index (χ0v) is 15.5. The fourth-order valence-corrected chi connectivity index (χ4v) is 4.31. The Labute approximate surface area is 152 Å². The van der Waals surface area contributed by atoms with Crippen LogP contribution in [0.4, 0.5) is 0 Å². The summed E-state index contributed by atoms with van der Waals surface area (Å²) >= 11 is 1.71. The Kier molecular flexibility index (Phi) is 5.19. The molecule has 0 unspecified atom stereocenters. The van der Waals surface area contributed by atoms with Crippen molar-refractivity contribution in [2.24, 2.45) is 0 Å². The van der Waals surface area contributed by atoms with E-state index in [4.69, 9.17) is 13.9 Å². The van der Waals surface area contributed by atoms with Crippen LogP contribution >= 0.6 is 11.3 Å². The zero-order chi connectivity index (χ0) is 17.1. The molecule has 1 atom stereocenters. The second-order valence-electron chi connectivity index (χ2n) is 6.99. The molecule has 0 radical (unpaired) electrons. The molecule has 4 heterocycles. The number of hydrogen-bond acceptors (Lipinski definition) is 7. The average molecular weight is 363 g/mol. The number of thiazole rings is 1. The number of morpholine rings is 1. The number of nitrogens with zero attached hydrogens (tertiary/aromatic N) is 3. The molecule has 0 amide bonds. The van der Waals surface area contributed by atoms with Gasteiger partial charge in [0.15, 0.2) is 0 Å². The maximum atomic E-state index is 6.26. The van der Waals surface area contributed by atoms with Gasteiger partial charge < -0.3 is 13.9 Å². The lowest BCUT2D eigenvalue weighted by atomic mass is 10.0. The highest BCUT2D eigenvalue weighted by Crippen LogP contribution is 2.25. The summed E-state index contributed by atoms with van der Waals surface area (Å²) in [6.45, 7) is 9.58. The second kappa shape index (κ2) is 7.55. The first kappa shape index (κ1) is 17.2. The van der Waals surface area contributed by atoms with Gasteiger partial charge in [-0.15, -0.1) is 11.3 Å². The standard InChI is InChI=1S/C18H25N3O3S/c1-15-19-17(11-25-15)9-21-3-6-23-14-18(13-21)12-20(4-7-24-18)8-16-2-5-22-10-16/h2,5,10-11H,3-4,6-9,12-14H2,1H3/t18-/m0/s1. The van der Waals surface area contributed by atoms with E-state index in [1.54, 1.807) is 17.6 Å². The summed E-state index contributed by atoms with van der Waals surface area (Å²) in [7, 11) is 0. The van der Waals surface area contributed by atoms with Crippen LogP contribution in [0.2, 0.25) is 0 Å². The Morgan fingerprint density at radius 2 is 2.04 bits per heavy atom. The monoisotopic (exact) mass is 363 g/mol. The molecule has 0 bridgehead atoms. The van der Waals surface area contributed by atoms with Gasteiger partial charge in [0.25, 0.3) is 0 Å². The van der Waals surface area contributed by atoms with E-state index in [0.717, 1.165) is 63.2 Å². The van der Waals surface area contributed by atoms with Crippen LogP contribution in [0.1, 0.15) is 16.3 Å². The van der Waals surface area contributed by atoms with Gasteiger partial charge in [-0.1, -0.05) is 0 Å². The van der Waals surface area contributed by atoms with Gasteiger partial charge >= 0.3 is 0 Å². The van der Waals surface area contributed by atoms with Crippen LogP contribution in [0.3, 0.4) is 0 Å². The molecule has 2 saturated heterocycles. The summed E-state index contributed by atoms with van der Waals surface area (Å²) in [6, 6.07) is 2.03. The minimum atomic E-state index is -0.260. The van der Waals surface area contributed by atoms with Crippen molar-refractivity contribution in [3.05, 3.63) is 40.2 Å². The summed E-state index contributed by atoms with van der Waals surface area (Å²) < 4.78 is 17.4. The lowest BCUT2D eigenvalue weighted by Gasteiger charge is -2.43. The van der Waals surface area contributed by atoms with Crippen LogP contribution in [0.5, 0.6) is 0 Å². The first-order valence-corrected chi connectivity index (χ1v) is 9.67. The van der Waals surface area contributed by atoms with Gasteiger partial charge in [0.1, 0.15) is 5.60 Å². The van der Waals surface area contributed by atoms with Gasteiger partial charge in [0, 0.05) is 50.2 Å². The Morgan fingerprint density at radius 3 is 2.80 bits per heavy atom. The van der Waals surface area contributed by atoms with Crippen molar-refractivity contribution in [3.8, 4) is 0 Å². The van der Waals surface area contributed by atoms with E-state index >= 15 is 0 Å². The Balaban J connectivity index is 1.43. The first-order chi connectivity index (χ1) is 12.2. The molecule has 2 aromatic rings. The molecule has 6 nitrogen and oxygen atoms in total. The summed E-state index contributed by atoms with van der Waals surface area (Å²) in [4.78, 5) is 9.47. The van der Waals surface area contributed by atoms with Crippen LogP contribution in [-0.2, 0) is 22.6 Å². The predicted octanol–water partition coefficient (Wildman–Crippen LogP) is 2.15. The van der Waals surface area contributed by atoms with Crippen molar-refractivity contribution < 1.29 is 13.9 Å². The van der Waals surface area contributed by atoms with Crippen molar-refractivity contribution in [2.45, 2.75) is 25.6 Å². The smallest absolute Gasteiger partial charge is 0.117 e. The average Bonchev–Trinajstić information content (AvgIpc) is 3.19. The van der Waals surface area contributed by atoms with E-state index in [0.29, 0.717) is 6.61 Å². The maximum absolute atomic E-state index is 6.26. The van der Waals surface area contributed by atoms with E-state index in [1.165, 1.54) is 5.56 Å². The van der Waals surface area contributed by atoms with Crippen LogP contribution in [0.25, 0.3) is 0 Å². The molecule has 0 N–H and O–H groups in total. The molecule has 4 rings (SSSR count). The molecule has 25 heavy (non-hydrogen) atoms. The van der Waals surface area contributed by atoms with E-state index in [2.05, 4.69) is 27.1 Å². The molecule has 7 heteroatoms. The maximum Gasteiger partial charge on any atom is 0.117 e. The SMILES string of the molecule is Cc1nc(CN2CCOC[C@]3(CN(Cc4ccoc4)CCO3)C2)cs1. The highest BCUT2D eigenvalue weighted by molar-refractivity contribution is 7.09. The van der Waals surface area contributed by atoms with Gasteiger partial charge in [0.05, 0.1) is 43.0 Å². The lowest BCUT2D eigenvalue weighted by molar-refractivity contribution is -0.143. The minimum absolute atomic E-state index is 0.260. The van der Waals surface area contributed by atoms with Crippen molar-refractivity contribution in [2.75, 3.05) is 46.0 Å². The number of ether oxygens (including phenoxy) is 2. The quantitative estimate of drug-likeness (QED) is 0.830. The molecule has 2 fully saturated rings. The number of rotatable bonds is 4. The first-order valence-electron chi connectivity index (χ1n) is 8.79. The second-order valence-corrected chi connectivity index (χ2v) is 8.06. The molecular formula is C18H25N3O3S. The zero-order valence-electron chi connectivity index (χ0n) is 14.6. The number of hydrogen-bond donors (Lipinski definition) is 0. The summed E-state index contributed by atoms with van der Waals surface area (Å²) in [6.07, 6.45) is 3.56. The Hall–Kier alpha value is -1.25. The van der Waals surface area contributed by atoms with Crippen LogP contribution in [0.15, 0.2) is 28.4 Å². The van der Waals surface area contributed by atoms with E-state index in [-0.39, 0.29) is 5.60 Å². The van der Waals surface area contributed by atoms with Crippen LogP contribution in [-0.4, -0.2) is 66.4 Å². The number of aryl methyl sites for hydroxylation is 1. The van der Waals surface area contributed by atoms with E-state index in [1.807, 2.05) is 12.3 Å². The largest absolute Gasteiger partial charge is 0.472 e. The molecule has 0 aliphatic carbocycles. The number of furan rings is 1. The summed E-state index contributed by atoms with van der Waals surface area (Å²) in [5.74, 6) is 0. The third-order valence-corrected chi connectivity index (χ3v) is 5.62. The van der Waals surface area contributed by atoms with Gasteiger partial charge in [0.2, 0.25) is 0 Å². The van der Waals surface area contributed by atoms with Crippen molar-refractivity contribution in [1.29, 1.82) is 0 Å². The molecule has 2 aliphatic heterocycles. The Morgan fingerprint density at radius 1 is 1.20 bits per heavy atom. The van der Waals surface area contributed by atoms with E-state index < -0.39 is 0 Å². The van der Waals surface area contributed by atoms with Gasteiger partial charge in [-0.3, -0.25) is 9.80 Å². The lowest BCUT2D eigenvalue weighted by Crippen LogP contribution is -2.58. The normalized spacial score (nSPS) is 26.1. The van der Waals surface area contributed by atoms with Crippen molar-refractivity contribution in [3.63, 3.8) is 0 Å². The highest BCUT2D eigenvalue weighted by atomic mass is 32.1. The molecule has 2 aromatic heterocycles. The van der Waals surface area contributed by atoms with Crippen molar-refractivity contribution >= 4 is 11.3 Å². The summed E-state index contributed by atoms with van der Waals surface area (Å²) in [5.41, 5.74) is 2.09. The summed E-state index contributed by atoms with van der Waals surface area (Å²) in [5, 5.41) is 3.27. The topological polar surface area (TPSA) is 51.0 Å². The van der Waals surface area contributed by atoms with E-state index in [9.17, 15) is 0 Å². The van der Waals surface area contributed by atoms with Crippen LogP contribution in [0, 0.1) is 6.92 Å².